The van der Waals surface area contributed by atoms with Gasteiger partial charge < -0.3 is 15.5 Å². The first kappa shape index (κ1) is 19.6. The van der Waals surface area contributed by atoms with Crippen LogP contribution in [0, 0.1) is 23.3 Å². The van der Waals surface area contributed by atoms with Gasteiger partial charge in [-0.2, -0.15) is 0 Å². The van der Waals surface area contributed by atoms with Gasteiger partial charge in [-0.25, -0.2) is 22.4 Å². The van der Waals surface area contributed by atoms with E-state index < -0.39 is 58.8 Å². The Balaban J connectivity index is 3.53. The number of carboxylic acids is 1. The summed E-state index contributed by atoms with van der Waals surface area (Å²) in [4.78, 5) is 23.6. The van der Waals surface area contributed by atoms with Crippen LogP contribution in [0.4, 0.5) is 17.6 Å². The van der Waals surface area contributed by atoms with E-state index in [0.29, 0.717) is 0 Å². The number of aliphatic hydroxyl groups excluding tert-OH is 1. The van der Waals surface area contributed by atoms with Gasteiger partial charge in [-0.3, -0.25) is 4.79 Å². The molecule has 0 saturated carbocycles. The zero-order valence-electron chi connectivity index (χ0n) is 12.8. The molecule has 0 saturated heterocycles. The maximum Gasteiger partial charge on any atom is 0.341 e. The summed E-state index contributed by atoms with van der Waals surface area (Å²) in [5.74, 6) is -11.4. The number of allylic oxidation sites excluding steroid dienone is 1. The van der Waals surface area contributed by atoms with Crippen LogP contribution in [0.25, 0.3) is 0 Å². The molecule has 0 heterocycles. The topological polar surface area (TPSA) is 86.6 Å². The molecule has 0 bridgehead atoms. The molecule has 0 aromatic heterocycles. The highest BCUT2D eigenvalue weighted by molar-refractivity contribution is 6.24. The Hall–Kier alpha value is -2.42. The molecule has 1 aromatic carbocycles. The van der Waals surface area contributed by atoms with Crippen molar-refractivity contribution in [2.45, 2.75) is 26.3 Å². The Morgan fingerprint density at radius 1 is 1.17 bits per heavy atom. The number of hydrogen-bond acceptors (Lipinski definition) is 4. The van der Waals surface area contributed by atoms with E-state index in [1.807, 2.05) is 0 Å². The molecule has 0 amide bonds. The summed E-state index contributed by atoms with van der Waals surface area (Å²) in [6, 6.07) is -0.532. The predicted molar refractivity (Wildman–Crippen MR) is 75.2 cm³/mol. The van der Waals surface area contributed by atoms with E-state index in [4.69, 9.17) is 5.11 Å². The van der Waals surface area contributed by atoms with Gasteiger partial charge in [-0.05, 0) is 19.4 Å². The van der Waals surface area contributed by atoms with Gasteiger partial charge in [-0.15, -0.1) is 0 Å². The summed E-state index contributed by atoms with van der Waals surface area (Å²) in [5, 5.41) is 20.7. The molecule has 0 spiro atoms. The van der Waals surface area contributed by atoms with E-state index in [9.17, 15) is 32.3 Å². The lowest BCUT2D eigenvalue weighted by atomic mass is 9.99. The number of hydrogen-bond donors (Lipinski definition) is 3. The van der Waals surface area contributed by atoms with E-state index in [1.54, 1.807) is 0 Å². The number of nitrogens with one attached hydrogen (secondary N) is 1. The van der Waals surface area contributed by atoms with Crippen molar-refractivity contribution in [3.8, 4) is 0 Å². The minimum Gasteiger partial charge on any atom is -0.477 e. The zero-order valence-corrected chi connectivity index (χ0v) is 12.8. The molecule has 3 N–H and O–H groups in total. The van der Waals surface area contributed by atoms with Crippen molar-refractivity contribution >= 4 is 11.8 Å². The zero-order chi connectivity index (χ0) is 18.6. The maximum atomic E-state index is 13.7. The van der Waals surface area contributed by atoms with E-state index in [0.717, 1.165) is 0 Å². The number of carboxylic acid groups (broad SMARTS) is 1. The Morgan fingerprint density at radius 3 is 2.21 bits per heavy atom. The molecular weight excluding hydrogens is 334 g/mol. The molecule has 1 aromatic rings. The first-order chi connectivity index (χ1) is 11.1. The number of carbonyl (C=O) groups is 2. The largest absolute Gasteiger partial charge is 0.477 e. The van der Waals surface area contributed by atoms with Crippen LogP contribution in [-0.4, -0.2) is 34.6 Å². The van der Waals surface area contributed by atoms with Crippen LogP contribution in [0.15, 0.2) is 17.3 Å². The van der Waals surface area contributed by atoms with Crippen molar-refractivity contribution < 1.29 is 37.4 Å². The molecule has 0 fully saturated rings. The lowest BCUT2D eigenvalue weighted by Gasteiger charge is -2.17. The van der Waals surface area contributed by atoms with Gasteiger partial charge in [0.25, 0.3) is 0 Å². The normalized spacial score (nSPS) is 13.3. The van der Waals surface area contributed by atoms with E-state index in [2.05, 4.69) is 5.32 Å². The number of aliphatic hydroxyl groups is 1. The third-order valence-electron chi connectivity index (χ3n) is 3.14. The lowest BCUT2D eigenvalue weighted by molar-refractivity contribution is -0.132. The average molecular weight is 349 g/mol. The van der Waals surface area contributed by atoms with Gasteiger partial charge in [0.2, 0.25) is 5.78 Å². The van der Waals surface area contributed by atoms with E-state index >= 15 is 0 Å². The molecule has 0 unspecified atom stereocenters. The van der Waals surface area contributed by atoms with Crippen LogP contribution >= 0.6 is 0 Å². The molecule has 1 rings (SSSR count). The van der Waals surface area contributed by atoms with Gasteiger partial charge in [0.05, 0.1) is 12.2 Å². The second-order valence-corrected chi connectivity index (χ2v) is 4.92. The fourth-order valence-corrected chi connectivity index (χ4v) is 1.93. The van der Waals surface area contributed by atoms with Crippen molar-refractivity contribution in [3.63, 3.8) is 0 Å². The standard InChI is InChI=1S/C15H15F4NO4/c1-3-9(20-6(2)5-21)10(15(23)24)14(22)7-4-8(16)12(18)13(19)11(7)17/h4,6,20-21H,3,5H2,1-2H3,(H,23,24)/t6-/m0/s1. The summed E-state index contributed by atoms with van der Waals surface area (Å²) in [6.07, 6.45) is -0.0223. The molecule has 9 heteroatoms. The molecule has 5 nitrogen and oxygen atoms in total. The average Bonchev–Trinajstić information content (AvgIpc) is 2.54. The summed E-state index contributed by atoms with van der Waals surface area (Å²) < 4.78 is 53.2. The second kappa shape index (κ2) is 7.91. The van der Waals surface area contributed by atoms with E-state index in [-0.39, 0.29) is 18.2 Å². The van der Waals surface area contributed by atoms with Crippen molar-refractivity contribution in [1.82, 2.24) is 5.32 Å². The third kappa shape index (κ3) is 3.91. The molecule has 0 aliphatic carbocycles. The molecule has 24 heavy (non-hydrogen) atoms. The van der Waals surface area contributed by atoms with Gasteiger partial charge in [0.1, 0.15) is 5.57 Å². The Kier molecular flexibility index (Phi) is 6.47. The predicted octanol–water partition coefficient (Wildman–Crippen LogP) is 2.14. The second-order valence-electron chi connectivity index (χ2n) is 4.92. The van der Waals surface area contributed by atoms with Crippen molar-refractivity contribution in [2.75, 3.05) is 6.61 Å². The Morgan fingerprint density at radius 2 is 1.75 bits per heavy atom. The minimum atomic E-state index is -2.21. The number of halogens is 4. The molecular formula is C15H15F4NO4. The number of carbonyl (C=O) groups excluding carboxylic acids is 1. The molecule has 0 aliphatic heterocycles. The Labute approximate surface area is 134 Å². The summed E-state index contributed by atoms with van der Waals surface area (Å²) in [6.45, 7) is 2.57. The summed E-state index contributed by atoms with van der Waals surface area (Å²) in [5.41, 5.74) is -2.37. The highest BCUT2D eigenvalue weighted by atomic mass is 19.2. The Bertz CT molecular complexity index is 703. The van der Waals surface area contributed by atoms with Crippen molar-refractivity contribution in [1.29, 1.82) is 0 Å². The third-order valence-corrected chi connectivity index (χ3v) is 3.14. The number of ketones is 1. The fraction of sp³-hybridized carbons (Fsp3) is 0.333. The van der Waals surface area contributed by atoms with Crippen LogP contribution in [0.2, 0.25) is 0 Å². The quantitative estimate of drug-likeness (QED) is 0.134. The first-order valence-electron chi connectivity index (χ1n) is 6.87. The molecule has 0 aliphatic rings. The monoisotopic (exact) mass is 349 g/mol. The number of aliphatic carboxylic acids is 1. The van der Waals surface area contributed by atoms with Crippen LogP contribution in [0.3, 0.4) is 0 Å². The van der Waals surface area contributed by atoms with Gasteiger partial charge in [0, 0.05) is 11.7 Å². The molecule has 1 atom stereocenters. The minimum absolute atomic E-state index is 0.0223. The smallest absolute Gasteiger partial charge is 0.341 e. The van der Waals surface area contributed by atoms with Crippen LogP contribution in [0.1, 0.15) is 30.6 Å². The molecule has 0 radical (unpaired) electrons. The van der Waals surface area contributed by atoms with E-state index in [1.165, 1.54) is 13.8 Å². The first-order valence-corrected chi connectivity index (χ1v) is 6.87. The van der Waals surface area contributed by atoms with Crippen LogP contribution in [-0.2, 0) is 4.79 Å². The lowest BCUT2D eigenvalue weighted by Crippen LogP contribution is -2.32. The van der Waals surface area contributed by atoms with Gasteiger partial charge >= 0.3 is 5.97 Å². The number of Topliss-reactive ketones (excluding diaryl/α,β-unsaturated/α-hetero) is 1. The fourth-order valence-electron chi connectivity index (χ4n) is 1.93. The van der Waals surface area contributed by atoms with Crippen molar-refractivity contribution in [3.05, 3.63) is 46.2 Å². The van der Waals surface area contributed by atoms with Crippen molar-refractivity contribution in [2.24, 2.45) is 0 Å². The summed E-state index contributed by atoms with van der Waals surface area (Å²) in [7, 11) is 0. The highest BCUT2D eigenvalue weighted by Gasteiger charge is 2.30. The van der Waals surface area contributed by atoms with Gasteiger partial charge in [0.15, 0.2) is 23.3 Å². The van der Waals surface area contributed by atoms with Crippen LogP contribution < -0.4 is 5.32 Å². The number of benzene rings is 1. The maximum absolute atomic E-state index is 13.7. The SMILES string of the molecule is CCC(N[C@@H](C)CO)=C(C(=O)O)C(=O)c1cc(F)c(F)c(F)c1F. The molecule has 132 valence electrons. The van der Waals surface area contributed by atoms with Gasteiger partial charge in [-0.1, -0.05) is 6.92 Å². The number of rotatable bonds is 7. The highest BCUT2D eigenvalue weighted by Crippen LogP contribution is 2.23. The van der Waals surface area contributed by atoms with Crippen LogP contribution in [0.5, 0.6) is 0 Å². The summed E-state index contributed by atoms with van der Waals surface area (Å²) >= 11 is 0.